The largest absolute Gasteiger partial charge is 0.366 e. The minimum Gasteiger partial charge on any atom is -0.366 e. The summed E-state index contributed by atoms with van der Waals surface area (Å²) < 4.78 is 5.69. The maximum Gasteiger partial charge on any atom is 0.250 e. The van der Waals surface area contributed by atoms with Gasteiger partial charge in [-0.05, 0) is 31.2 Å². The van der Waals surface area contributed by atoms with Crippen LogP contribution in [0, 0.1) is 0 Å². The lowest BCUT2D eigenvalue weighted by Gasteiger charge is -2.34. The first-order chi connectivity index (χ1) is 11.2. The second-order valence-corrected chi connectivity index (χ2v) is 6.70. The van der Waals surface area contributed by atoms with Crippen molar-refractivity contribution in [2.24, 2.45) is 5.73 Å². The first kappa shape index (κ1) is 16.4. The monoisotopic (exact) mass is 317 g/mol. The van der Waals surface area contributed by atoms with Gasteiger partial charge in [0, 0.05) is 31.7 Å². The lowest BCUT2D eigenvalue weighted by molar-refractivity contribution is -0.139. The van der Waals surface area contributed by atoms with E-state index in [2.05, 4.69) is 22.3 Å². The number of benzene rings is 1. The third-order valence-electron chi connectivity index (χ3n) is 4.81. The smallest absolute Gasteiger partial charge is 0.250 e. The second-order valence-electron chi connectivity index (χ2n) is 6.70. The minimum absolute atomic E-state index is 0.0308. The van der Waals surface area contributed by atoms with Crippen LogP contribution in [0.25, 0.3) is 0 Å². The average Bonchev–Trinajstić information content (AvgIpc) is 2.58. The summed E-state index contributed by atoms with van der Waals surface area (Å²) in [6.45, 7) is 3.01. The highest BCUT2D eigenvalue weighted by molar-refractivity contribution is 5.81. The van der Waals surface area contributed by atoms with Gasteiger partial charge in [-0.15, -0.1) is 0 Å². The molecule has 1 unspecified atom stereocenters. The van der Waals surface area contributed by atoms with Gasteiger partial charge in [0.25, 0.3) is 5.91 Å². The van der Waals surface area contributed by atoms with E-state index in [0.29, 0.717) is 19.2 Å². The highest BCUT2D eigenvalue weighted by Gasteiger charge is 2.29. The van der Waals surface area contributed by atoms with Gasteiger partial charge in [0.15, 0.2) is 0 Å². The van der Waals surface area contributed by atoms with Crippen molar-refractivity contribution in [1.29, 1.82) is 0 Å². The Morgan fingerprint density at radius 2 is 1.96 bits per heavy atom. The molecule has 1 aliphatic heterocycles. The number of nitrogens with zero attached hydrogens (tertiary/aromatic N) is 1. The number of hydrogen-bond acceptors (Lipinski definition) is 4. The van der Waals surface area contributed by atoms with E-state index in [4.69, 9.17) is 10.5 Å². The average molecular weight is 317 g/mol. The summed E-state index contributed by atoms with van der Waals surface area (Å²) in [5, 5.41) is 3.15. The quantitative estimate of drug-likeness (QED) is 0.878. The summed E-state index contributed by atoms with van der Waals surface area (Å²) in [5.41, 5.74) is 7.19. The Labute approximate surface area is 138 Å². The second kappa shape index (κ2) is 7.90. The Balaban J connectivity index is 1.48. The molecule has 0 radical (unpaired) electrons. The molecule has 3 rings (SSSR count). The van der Waals surface area contributed by atoms with Crippen LogP contribution in [0.15, 0.2) is 30.3 Å². The lowest BCUT2D eigenvalue weighted by Crippen LogP contribution is -2.52. The summed E-state index contributed by atoms with van der Waals surface area (Å²) >= 11 is 0. The number of ether oxygens (including phenoxy) is 1. The summed E-state index contributed by atoms with van der Waals surface area (Å²) in [5.74, 6) is 0.0308. The zero-order chi connectivity index (χ0) is 16.1. The molecule has 2 fully saturated rings. The predicted molar refractivity (Wildman–Crippen MR) is 89.8 cm³/mol. The van der Waals surface area contributed by atoms with Crippen molar-refractivity contribution in [3.8, 4) is 0 Å². The van der Waals surface area contributed by atoms with E-state index in [1.807, 2.05) is 18.2 Å². The molecular formula is C18H27N3O2. The molecule has 5 heteroatoms. The van der Waals surface area contributed by atoms with Crippen molar-refractivity contribution < 1.29 is 9.53 Å². The molecule has 126 valence electrons. The molecule has 0 aromatic heterocycles. The molecule has 23 heavy (non-hydrogen) atoms. The molecule has 0 spiro atoms. The van der Waals surface area contributed by atoms with Gasteiger partial charge in [-0.2, -0.15) is 0 Å². The van der Waals surface area contributed by atoms with Crippen LogP contribution in [0.1, 0.15) is 31.2 Å². The van der Waals surface area contributed by atoms with Gasteiger partial charge in [0.1, 0.15) is 6.10 Å². The Bertz CT molecular complexity index is 500. The van der Waals surface area contributed by atoms with Crippen LogP contribution < -0.4 is 11.1 Å². The Kier molecular flexibility index (Phi) is 5.65. The molecule has 1 aliphatic carbocycles. The van der Waals surface area contributed by atoms with Gasteiger partial charge < -0.3 is 15.8 Å². The van der Waals surface area contributed by atoms with E-state index >= 15 is 0 Å². The van der Waals surface area contributed by atoms with Gasteiger partial charge in [-0.1, -0.05) is 30.3 Å². The first-order valence-corrected chi connectivity index (χ1v) is 8.64. The van der Waals surface area contributed by atoms with E-state index in [-0.39, 0.29) is 18.1 Å². The van der Waals surface area contributed by atoms with Crippen LogP contribution in [-0.2, 0) is 16.1 Å². The van der Waals surface area contributed by atoms with E-state index in [1.54, 1.807) is 0 Å². The molecule has 0 bridgehead atoms. The third-order valence-corrected chi connectivity index (χ3v) is 4.81. The lowest BCUT2D eigenvalue weighted by atomic mass is 9.91. The number of carbonyl (C=O) groups is 1. The topological polar surface area (TPSA) is 67.6 Å². The summed E-state index contributed by atoms with van der Waals surface area (Å²) in [6.07, 6.45) is 3.59. The molecular weight excluding hydrogens is 290 g/mol. The van der Waals surface area contributed by atoms with E-state index in [9.17, 15) is 4.79 Å². The van der Waals surface area contributed by atoms with Gasteiger partial charge >= 0.3 is 0 Å². The van der Waals surface area contributed by atoms with Crippen molar-refractivity contribution in [2.75, 3.05) is 19.7 Å². The Morgan fingerprint density at radius 3 is 2.70 bits per heavy atom. The van der Waals surface area contributed by atoms with Crippen molar-refractivity contribution >= 4 is 5.91 Å². The fourth-order valence-electron chi connectivity index (χ4n) is 3.40. The van der Waals surface area contributed by atoms with Gasteiger partial charge in [0.2, 0.25) is 0 Å². The fraction of sp³-hybridized carbons (Fsp3) is 0.611. The summed E-state index contributed by atoms with van der Waals surface area (Å²) in [4.78, 5) is 14.7. The Hall–Kier alpha value is -1.43. The van der Waals surface area contributed by atoms with E-state index in [1.165, 1.54) is 5.56 Å². The van der Waals surface area contributed by atoms with Crippen LogP contribution in [0.2, 0.25) is 0 Å². The van der Waals surface area contributed by atoms with E-state index in [0.717, 1.165) is 38.8 Å². The van der Waals surface area contributed by atoms with Crippen LogP contribution in [0.4, 0.5) is 0 Å². The fourth-order valence-corrected chi connectivity index (χ4v) is 3.40. The van der Waals surface area contributed by atoms with Gasteiger partial charge in [-0.3, -0.25) is 9.69 Å². The minimum atomic E-state index is -0.358. The molecule has 1 amide bonds. The third kappa shape index (κ3) is 4.77. The molecule has 1 saturated carbocycles. The maximum atomic E-state index is 12.5. The number of nitrogens with two attached hydrogens (primary N) is 1. The molecule has 3 N–H and O–H groups in total. The summed E-state index contributed by atoms with van der Waals surface area (Å²) in [6, 6.07) is 10.9. The zero-order valence-corrected chi connectivity index (χ0v) is 13.6. The molecule has 1 aromatic rings. The van der Waals surface area contributed by atoms with Crippen molar-refractivity contribution in [3.63, 3.8) is 0 Å². The van der Waals surface area contributed by atoms with Gasteiger partial charge in [0.05, 0.1) is 6.61 Å². The van der Waals surface area contributed by atoms with Crippen molar-refractivity contribution in [1.82, 2.24) is 10.2 Å². The number of amides is 1. The number of carbonyl (C=O) groups excluding carboxylic acids is 1. The summed E-state index contributed by atoms with van der Waals surface area (Å²) in [7, 11) is 0. The zero-order valence-electron chi connectivity index (χ0n) is 13.6. The standard InChI is InChI=1S/C18H27N3O2/c19-15-6-8-16(9-7-15)20-18(22)17-13-21(10-11-23-17)12-14-4-2-1-3-5-14/h1-5,15-17H,6-13,19H2,(H,20,22). The molecule has 1 heterocycles. The van der Waals surface area contributed by atoms with Crippen LogP contribution >= 0.6 is 0 Å². The van der Waals surface area contributed by atoms with Gasteiger partial charge in [-0.25, -0.2) is 0 Å². The predicted octanol–water partition coefficient (Wildman–Crippen LogP) is 1.27. The van der Waals surface area contributed by atoms with Crippen LogP contribution in [0.5, 0.6) is 0 Å². The van der Waals surface area contributed by atoms with Crippen molar-refractivity contribution in [2.45, 2.75) is 50.4 Å². The molecule has 2 aliphatic rings. The number of rotatable bonds is 4. The number of nitrogens with one attached hydrogen (secondary N) is 1. The number of morpholine rings is 1. The molecule has 5 nitrogen and oxygen atoms in total. The first-order valence-electron chi connectivity index (χ1n) is 8.64. The highest BCUT2D eigenvalue weighted by Crippen LogP contribution is 2.18. The van der Waals surface area contributed by atoms with E-state index < -0.39 is 0 Å². The molecule has 1 atom stereocenters. The highest BCUT2D eigenvalue weighted by atomic mass is 16.5. The SMILES string of the molecule is NC1CCC(NC(=O)C2CN(Cc3ccccc3)CCO2)CC1. The Morgan fingerprint density at radius 1 is 1.22 bits per heavy atom. The molecule has 1 aromatic carbocycles. The van der Waals surface area contributed by atoms with Crippen LogP contribution in [-0.4, -0.2) is 48.7 Å². The number of hydrogen-bond donors (Lipinski definition) is 2. The molecule has 1 saturated heterocycles. The van der Waals surface area contributed by atoms with Crippen molar-refractivity contribution in [3.05, 3.63) is 35.9 Å². The maximum absolute atomic E-state index is 12.5. The normalized spacial score (nSPS) is 29.2. The van der Waals surface area contributed by atoms with Crippen LogP contribution in [0.3, 0.4) is 0 Å².